The van der Waals surface area contributed by atoms with Gasteiger partial charge in [0.05, 0.1) is 24.3 Å². The Labute approximate surface area is 98.9 Å². The van der Waals surface area contributed by atoms with Crippen molar-refractivity contribution in [1.29, 1.82) is 0 Å². The van der Waals surface area contributed by atoms with Crippen molar-refractivity contribution in [3.05, 3.63) is 23.8 Å². The van der Waals surface area contributed by atoms with Gasteiger partial charge in [-0.05, 0) is 18.6 Å². The van der Waals surface area contributed by atoms with Crippen LogP contribution >= 0.6 is 0 Å². The largest absolute Gasteiger partial charge is 0.508 e. The molecule has 1 aromatic rings. The van der Waals surface area contributed by atoms with Gasteiger partial charge < -0.3 is 20.2 Å². The van der Waals surface area contributed by atoms with Crippen molar-refractivity contribution in [3.63, 3.8) is 0 Å². The molecule has 0 bridgehead atoms. The number of aliphatic hydroxyl groups is 1. The van der Waals surface area contributed by atoms with E-state index in [0.29, 0.717) is 6.42 Å². The Morgan fingerprint density at radius 1 is 1.41 bits per heavy atom. The summed E-state index contributed by atoms with van der Waals surface area (Å²) in [5, 5.41) is 28.5. The molecule has 0 atom stereocenters. The molecule has 0 spiro atoms. The average Bonchev–Trinajstić information content (AvgIpc) is 2.24. The molecule has 0 aliphatic carbocycles. The van der Waals surface area contributed by atoms with Crippen LogP contribution in [-0.2, 0) is 0 Å². The van der Waals surface area contributed by atoms with Gasteiger partial charge in [-0.15, -0.1) is 0 Å². The SMILES string of the molecule is CCC1(O)CN(C(=O)c2ccc(O)cc2O)C1. The van der Waals surface area contributed by atoms with Gasteiger partial charge in [-0.25, -0.2) is 0 Å². The van der Waals surface area contributed by atoms with Crippen LogP contribution in [0.5, 0.6) is 11.5 Å². The van der Waals surface area contributed by atoms with Gasteiger partial charge in [0.25, 0.3) is 5.91 Å². The Kier molecular flexibility index (Phi) is 2.71. The molecule has 2 rings (SSSR count). The summed E-state index contributed by atoms with van der Waals surface area (Å²) in [5.74, 6) is -0.671. The van der Waals surface area contributed by atoms with Gasteiger partial charge in [-0.3, -0.25) is 4.79 Å². The second kappa shape index (κ2) is 3.92. The molecule has 0 radical (unpaired) electrons. The number of benzene rings is 1. The third-order valence-electron chi connectivity index (χ3n) is 3.13. The van der Waals surface area contributed by atoms with Crippen LogP contribution in [0, 0.1) is 0 Å². The first-order valence-electron chi connectivity index (χ1n) is 5.49. The second-order valence-electron chi connectivity index (χ2n) is 4.44. The highest BCUT2D eigenvalue weighted by Gasteiger charge is 2.42. The molecule has 3 N–H and O–H groups in total. The highest BCUT2D eigenvalue weighted by Crippen LogP contribution is 2.29. The van der Waals surface area contributed by atoms with Gasteiger partial charge in [0.1, 0.15) is 11.5 Å². The molecule has 1 aromatic carbocycles. The second-order valence-corrected chi connectivity index (χ2v) is 4.44. The number of β-amino-alcohol motifs (C(OH)–C–C–N with tert-alkyl or cyclic N) is 1. The number of hydrogen-bond acceptors (Lipinski definition) is 4. The van der Waals surface area contributed by atoms with E-state index in [9.17, 15) is 15.0 Å². The van der Waals surface area contributed by atoms with Crippen LogP contribution in [0.25, 0.3) is 0 Å². The van der Waals surface area contributed by atoms with Gasteiger partial charge in [-0.1, -0.05) is 6.92 Å². The van der Waals surface area contributed by atoms with Crippen LogP contribution in [-0.4, -0.2) is 44.8 Å². The number of likely N-dealkylation sites (tertiary alicyclic amines) is 1. The molecule has 1 saturated heterocycles. The Morgan fingerprint density at radius 2 is 2.06 bits per heavy atom. The number of carbonyl (C=O) groups excluding carboxylic acids is 1. The first-order valence-corrected chi connectivity index (χ1v) is 5.49. The van der Waals surface area contributed by atoms with Crippen LogP contribution in [0.4, 0.5) is 0 Å². The molecule has 92 valence electrons. The highest BCUT2D eigenvalue weighted by atomic mass is 16.3. The first-order chi connectivity index (χ1) is 7.95. The number of phenolic OH excluding ortho intramolecular Hbond substituents is 2. The standard InChI is InChI=1S/C12H15NO4/c1-2-12(17)6-13(7-12)11(16)9-4-3-8(14)5-10(9)15/h3-5,14-15,17H,2,6-7H2,1H3. The van der Waals surface area contributed by atoms with E-state index in [-0.39, 0.29) is 36.1 Å². The third-order valence-corrected chi connectivity index (χ3v) is 3.13. The van der Waals surface area contributed by atoms with Crippen molar-refractivity contribution in [2.24, 2.45) is 0 Å². The van der Waals surface area contributed by atoms with E-state index in [1.54, 1.807) is 0 Å². The van der Waals surface area contributed by atoms with Gasteiger partial charge in [0, 0.05) is 6.07 Å². The van der Waals surface area contributed by atoms with E-state index < -0.39 is 5.60 Å². The highest BCUT2D eigenvalue weighted by molar-refractivity contribution is 5.97. The fourth-order valence-electron chi connectivity index (χ4n) is 1.90. The monoisotopic (exact) mass is 237 g/mol. The molecule has 1 aliphatic heterocycles. The number of carbonyl (C=O) groups is 1. The normalized spacial score (nSPS) is 17.6. The molecule has 5 nitrogen and oxygen atoms in total. The fourth-order valence-corrected chi connectivity index (χ4v) is 1.90. The maximum absolute atomic E-state index is 11.9. The minimum absolute atomic E-state index is 0.0901. The summed E-state index contributed by atoms with van der Waals surface area (Å²) < 4.78 is 0. The summed E-state index contributed by atoms with van der Waals surface area (Å²) in [6.07, 6.45) is 0.596. The Hall–Kier alpha value is -1.75. The summed E-state index contributed by atoms with van der Waals surface area (Å²) in [6.45, 7) is 2.42. The van der Waals surface area contributed by atoms with Gasteiger partial charge >= 0.3 is 0 Å². The summed E-state index contributed by atoms with van der Waals surface area (Å²) >= 11 is 0. The Morgan fingerprint density at radius 3 is 2.59 bits per heavy atom. The lowest BCUT2D eigenvalue weighted by Crippen LogP contribution is -2.63. The van der Waals surface area contributed by atoms with E-state index >= 15 is 0 Å². The third kappa shape index (κ3) is 2.06. The number of rotatable bonds is 2. The molecular formula is C12H15NO4. The number of phenols is 2. The van der Waals surface area contributed by atoms with Crippen molar-refractivity contribution in [1.82, 2.24) is 4.90 Å². The predicted molar refractivity (Wildman–Crippen MR) is 60.9 cm³/mol. The molecule has 1 aliphatic rings. The molecule has 0 unspecified atom stereocenters. The summed E-state index contributed by atoms with van der Waals surface area (Å²) in [6, 6.07) is 3.84. The molecular weight excluding hydrogens is 222 g/mol. The number of nitrogens with zero attached hydrogens (tertiary/aromatic N) is 1. The first kappa shape index (κ1) is 11.7. The zero-order chi connectivity index (χ0) is 12.6. The maximum atomic E-state index is 11.9. The minimum Gasteiger partial charge on any atom is -0.508 e. The van der Waals surface area contributed by atoms with Gasteiger partial charge in [0.2, 0.25) is 0 Å². The molecule has 17 heavy (non-hydrogen) atoms. The van der Waals surface area contributed by atoms with Crippen LogP contribution < -0.4 is 0 Å². The molecule has 0 saturated carbocycles. The zero-order valence-electron chi connectivity index (χ0n) is 9.55. The van der Waals surface area contributed by atoms with Crippen LogP contribution in [0.2, 0.25) is 0 Å². The van der Waals surface area contributed by atoms with E-state index in [4.69, 9.17) is 5.11 Å². The smallest absolute Gasteiger partial charge is 0.257 e. The van der Waals surface area contributed by atoms with Crippen molar-refractivity contribution < 1.29 is 20.1 Å². The minimum atomic E-state index is -0.789. The van der Waals surface area contributed by atoms with Crippen LogP contribution in [0.3, 0.4) is 0 Å². The molecule has 1 amide bonds. The quantitative estimate of drug-likeness (QED) is 0.707. The van der Waals surface area contributed by atoms with E-state index in [1.165, 1.54) is 17.0 Å². The van der Waals surface area contributed by atoms with E-state index in [2.05, 4.69) is 0 Å². The molecule has 1 fully saturated rings. The fraction of sp³-hybridized carbons (Fsp3) is 0.417. The number of hydrogen-bond donors (Lipinski definition) is 3. The topological polar surface area (TPSA) is 81.0 Å². The number of aromatic hydroxyl groups is 2. The van der Waals surface area contributed by atoms with E-state index in [1.807, 2.05) is 6.92 Å². The summed E-state index contributed by atoms with van der Waals surface area (Å²) in [7, 11) is 0. The van der Waals surface area contributed by atoms with E-state index in [0.717, 1.165) is 6.07 Å². The molecule has 1 heterocycles. The van der Waals surface area contributed by atoms with Crippen molar-refractivity contribution >= 4 is 5.91 Å². The van der Waals surface area contributed by atoms with Gasteiger partial charge in [0.15, 0.2) is 0 Å². The lowest BCUT2D eigenvalue weighted by molar-refractivity contribution is -0.0827. The summed E-state index contributed by atoms with van der Waals surface area (Å²) in [5.41, 5.74) is -0.650. The van der Waals surface area contributed by atoms with Gasteiger partial charge in [-0.2, -0.15) is 0 Å². The lowest BCUT2D eigenvalue weighted by Gasteiger charge is -2.46. The molecule has 0 aromatic heterocycles. The summed E-state index contributed by atoms with van der Waals surface area (Å²) in [4.78, 5) is 13.4. The van der Waals surface area contributed by atoms with Crippen molar-refractivity contribution in [2.75, 3.05) is 13.1 Å². The van der Waals surface area contributed by atoms with Crippen molar-refractivity contribution in [2.45, 2.75) is 18.9 Å². The predicted octanol–water partition coefficient (Wildman–Crippen LogP) is 0.695. The van der Waals surface area contributed by atoms with Crippen LogP contribution in [0.15, 0.2) is 18.2 Å². The zero-order valence-corrected chi connectivity index (χ0v) is 9.55. The maximum Gasteiger partial charge on any atom is 0.257 e. The number of amides is 1. The van der Waals surface area contributed by atoms with Crippen LogP contribution in [0.1, 0.15) is 23.7 Å². The van der Waals surface area contributed by atoms with Crippen molar-refractivity contribution in [3.8, 4) is 11.5 Å². The Balaban J connectivity index is 2.12. The average molecular weight is 237 g/mol. The molecule has 5 heteroatoms. The Bertz CT molecular complexity index is 452. The lowest BCUT2D eigenvalue weighted by atomic mass is 9.90.